The predicted octanol–water partition coefficient (Wildman–Crippen LogP) is 1.18. The minimum Gasteiger partial charge on any atom is -0.393 e. The largest absolute Gasteiger partial charge is 0.393 e. The van der Waals surface area contributed by atoms with E-state index in [2.05, 4.69) is 9.88 Å². The molecular formula is C10H13FN2O. The lowest BCUT2D eigenvalue weighted by molar-refractivity contribution is 0.145. The number of nitrogens with zero attached hydrogens (tertiary/aromatic N) is 2. The summed E-state index contributed by atoms with van der Waals surface area (Å²) in [5, 5.41) is 9.32. The van der Waals surface area contributed by atoms with Crippen LogP contribution >= 0.6 is 0 Å². The van der Waals surface area contributed by atoms with Crippen LogP contribution in [0.3, 0.4) is 0 Å². The van der Waals surface area contributed by atoms with Gasteiger partial charge in [-0.15, -0.1) is 0 Å². The zero-order valence-electron chi connectivity index (χ0n) is 7.86. The lowest BCUT2D eigenvalue weighted by Gasteiger charge is -2.31. The molecule has 2 heterocycles. The molecule has 0 unspecified atom stereocenters. The lowest BCUT2D eigenvalue weighted by atomic mass is 10.1. The van der Waals surface area contributed by atoms with Gasteiger partial charge in [0.2, 0.25) is 5.95 Å². The van der Waals surface area contributed by atoms with Crippen molar-refractivity contribution in [2.45, 2.75) is 18.9 Å². The maximum Gasteiger partial charge on any atom is 0.214 e. The molecule has 1 aromatic heterocycles. The first-order valence-electron chi connectivity index (χ1n) is 4.80. The molecule has 1 aromatic rings. The Hall–Kier alpha value is -1.16. The van der Waals surface area contributed by atoms with Crippen molar-refractivity contribution in [2.24, 2.45) is 0 Å². The van der Waals surface area contributed by atoms with Gasteiger partial charge in [-0.2, -0.15) is 4.39 Å². The smallest absolute Gasteiger partial charge is 0.214 e. The van der Waals surface area contributed by atoms with Gasteiger partial charge in [0.1, 0.15) is 0 Å². The third kappa shape index (κ3) is 2.01. The second-order valence-corrected chi connectivity index (χ2v) is 3.55. The summed E-state index contributed by atoms with van der Waals surface area (Å²) in [4.78, 5) is 5.57. The maximum absolute atomic E-state index is 12.8. The van der Waals surface area contributed by atoms with Crippen LogP contribution in [0.15, 0.2) is 18.3 Å². The van der Waals surface area contributed by atoms with Crippen molar-refractivity contribution in [2.75, 3.05) is 18.0 Å². The van der Waals surface area contributed by atoms with E-state index in [1.54, 1.807) is 6.07 Å². The maximum atomic E-state index is 12.8. The van der Waals surface area contributed by atoms with Crippen LogP contribution in [0.1, 0.15) is 12.8 Å². The Morgan fingerprint density at radius 2 is 2.14 bits per heavy atom. The second kappa shape index (κ2) is 3.92. The van der Waals surface area contributed by atoms with Crippen LogP contribution < -0.4 is 4.90 Å². The molecule has 76 valence electrons. The Bertz CT molecular complexity index is 311. The molecule has 1 fully saturated rings. The summed E-state index contributed by atoms with van der Waals surface area (Å²) < 4.78 is 12.8. The highest BCUT2D eigenvalue weighted by molar-refractivity contribution is 5.45. The van der Waals surface area contributed by atoms with Gasteiger partial charge in [-0.3, -0.25) is 0 Å². The molecule has 14 heavy (non-hydrogen) atoms. The first kappa shape index (κ1) is 9.40. The van der Waals surface area contributed by atoms with E-state index in [0.717, 1.165) is 31.6 Å². The molecule has 1 aliphatic heterocycles. The summed E-state index contributed by atoms with van der Waals surface area (Å²) in [6.45, 7) is 1.56. The van der Waals surface area contributed by atoms with Gasteiger partial charge in [0, 0.05) is 31.0 Å². The number of pyridine rings is 1. The number of hydrogen-bond donors (Lipinski definition) is 1. The van der Waals surface area contributed by atoms with Crippen molar-refractivity contribution in [3.63, 3.8) is 0 Å². The molecule has 2 rings (SSSR count). The molecule has 0 radical (unpaired) electrons. The van der Waals surface area contributed by atoms with E-state index in [9.17, 15) is 9.50 Å². The summed E-state index contributed by atoms with van der Waals surface area (Å²) in [5.41, 5.74) is 0.851. The normalized spacial score (nSPS) is 18.6. The first-order valence-corrected chi connectivity index (χ1v) is 4.80. The quantitative estimate of drug-likeness (QED) is 0.685. The van der Waals surface area contributed by atoms with Crippen LogP contribution in [0.2, 0.25) is 0 Å². The zero-order valence-corrected chi connectivity index (χ0v) is 7.86. The third-order valence-corrected chi connectivity index (χ3v) is 2.54. The van der Waals surface area contributed by atoms with Crippen LogP contribution in [-0.4, -0.2) is 29.3 Å². The Balaban J connectivity index is 2.08. The van der Waals surface area contributed by atoms with Crippen LogP contribution in [-0.2, 0) is 0 Å². The number of halogens is 1. The van der Waals surface area contributed by atoms with Crippen molar-refractivity contribution >= 4 is 5.69 Å². The number of piperidine rings is 1. The van der Waals surface area contributed by atoms with Gasteiger partial charge >= 0.3 is 0 Å². The Kier molecular flexibility index (Phi) is 2.63. The van der Waals surface area contributed by atoms with Crippen molar-refractivity contribution in [1.82, 2.24) is 4.98 Å². The second-order valence-electron chi connectivity index (χ2n) is 3.55. The van der Waals surface area contributed by atoms with Crippen LogP contribution in [0.4, 0.5) is 10.1 Å². The van der Waals surface area contributed by atoms with Gasteiger partial charge in [-0.25, -0.2) is 4.98 Å². The predicted molar refractivity (Wildman–Crippen MR) is 51.6 cm³/mol. The number of hydrogen-bond acceptors (Lipinski definition) is 3. The number of rotatable bonds is 1. The third-order valence-electron chi connectivity index (χ3n) is 2.54. The van der Waals surface area contributed by atoms with Crippen molar-refractivity contribution in [1.29, 1.82) is 0 Å². The van der Waals surface area contributed by atoms with E-state index in [0.29, 0.717) is 0 Å². The van der Waals surface area contributed by atoms with Crippen molar-refractivity contribution in [3.05, 3.63) is 24.3 Å². The van der Waals surface area contributed by atoms with E-state index in [1.807, 2.05) is 0 Å². The molecule has 3 nitrogen and oxygen atoms in total. The van der Waals surface area contributed by atoms with Crippen LogP contribution in [0, 0.1) is 5.95 Å². The van der Waals surface area contributed by atoms with Gasteiger partial charge in [0.25, 0.3) is 0 Å². The van der Waals surface area contributed by atoms with Gasteiger partial charge in [0.15, 0.2) is 0 Å². The molecule has 0 amide bonds. The molecule has 0 bridgehead atoms. The standard InChI is InChI=1S/C10H13FN2O/c11-10-7-8(1-4-12-10)13-5-2-9(14)3-6-13/h1,4,7,9,14H,2-3,5-6H2. The minimum atomic E-state index is -0.450. The molecular weight excluding hydrogens is 183 g/mol. The SMILES string of the molecule is OC1CCN(c2ccnc(F)c2)CC1. The van der Waals surface area contributed by atoms with Crippen molar-refractivity contribution in [3.8, 4) is 0 Å². The monoisotopic (exact) mass is 196 g/mol. The number of aromatic nitrogens is 1. The molecule has 1 N–H and O–H groups in total. The number of aliphatic hydroxyl groups is 1. The van der Waals surface area contributed by atoms with E-state index in [1.165, 1.54) is 12.3 Å². The average molecular weight is 196 g/mol. The van der Waals surface area contributed by atoms with E-state index >= 15 is 0 Å². The highest BCUT2D eigenvalue weighted by Gasteiger charge is 2.17. The summed E-state index contributed by atoms with van der Waals surface area (Å²) in [6, 6.07) is 3.22. The van der Waals surface area contributed by atoms with Gasteiger partial charge in [-0.1, -0.05) is 0 Å². The molecule has 0 spiro atoms. The summed E-state index contributed by atoms with van der Waals surface area (Å²) in [6.07, 6.45) is 2.78. The molecule has 1 aliphatic rings. The molecule has 0 atom stereocenters. The van der Waals surface area contributed by atoms with E-state index in [4.69, 9.17) is 0 Å². The molecule has 4 heteroatoms. The lowest BCUT2D eigenvalue weighted by Crippen LogP contribution is -2.35. The molecule has 1 saturated heterocycles. The summed E-state index contributed by atoms with van der Waals surface area (Å²) in [7, 11) is 0. The van der Waals surface area contributed by atoms with Crippen molar-refractivity contribution < 1.29 is 9.50 Å². The highest BCUT2D eigenvalue weighted by Crippen LogP contribution is 2.19. The van der Waals surface area contributed by atoms with Crippen LogP contribution in [0.5, 0.6) is 0 Å². The average Bonchev–Trinajstić information content (AvgIpc) is 2.19. The van der Waals surface area contributed by atoms with E-state index in [-0.39, 0.29) is 6.10 Å². The van der Waals surface area contributed by atoms with Gasteiger partial charge in [-0.05, 0) is 18.9 Å². The zero-order chi connectivity index (χ0) is 9.97. The minimum absolute atomic E-state index is 0.196. The van der Waals surface area contributed by atoms with E-state index < -0.39 is 5.95 Å². The van der Waals surface area contributed by atoms with Crippen LogP contribution in [0.25, 0.3) is 0 Å². The topological polar surface area (TPSA) is 36.4 Å². The van der Waals surface area contributed by atoms with Gasteiger partial charge < -0.3 is 10.0 Å². The number of anilines is 1. The highest BCUT2D eigenvalue weighted by atomic mass is 19.1. The Morgan fingerprint density at radius 1 is 1.43 bits per heavy atom. The first-order chi connectivity index (χ1) is 6.75. The summed E-state index contributed by atoms with van der Waals surface area (Å²) >= 11 is 0. The molecule has 0 aliphatic carbocycles. The van der Waals surface area contributed by atoms with Gasteiger partial charge in [0.05, 0.1) is 6.10 Å². The molecule has 0 saturated carbocycles. The molecule has 0 aromatic carbocycles. The fourth-order valence-electron chi connectivity index (χ4n) is 1.71. The Morgan fingerprint density at radius 3 is 2.79 bits per heavy atom. The summed E-state index contributed by atoms with van der Waals surface area (Å²) in [5.74, 6) is -0.450. The number of aliphatic hydroxyl groups excluding tert-OH is 1. The fraction of sp³-hybridized carbons (Fsp3) is 0.500. The fourth-order valence-corrected chi connectivity index (χ4v) is 1.71. The Labute approximate surface area is 82.2 Å².